The number of thiazole rings is 1. The van der Waals surface area contributed by atoms with Crippen LogP contribution in [0, 0.1) is 5.82 Å². The van der Waals surface area contributed by atoms with E-state index < -0.39 is 0 Å². The maximum atomic E-state index is 12.8. The summed E-state index contributed by atoms with van der Waals surface area (Å²) in [4.78, 5) is 16.7. The summed E-state index contributed by atoms with van der Waals surface area (Å²) >= 11 is 7.46. The molecule has 1 aromatic carbocycles. The Kier molecular flexibility index (Phi) is 4.17. The molecule has 0 saturated carbocycles. The minimum absolute atomic E-state index is 0.117. The number of hydrazone groups is 1. The van der Waals surface area contributed by atoms with Gasteiger partial charge in [0.1, 0.15) is 11.5 Å². The summed E-state index contributed by atoms with van der Waals surface area (Å²) in [5.74, 6) is -0.637. The number of aromatic nitrogens is 2. The number of carbonyl (C=O) groups excluding carboxylic acids is 1. The molecule has 0 bridgehead atoms. The van der Waals surface area contributed by atoms with Gasteiger partial charge in [-0.05, 0) is 17.7 Å². The topological polar surface area (TPSA) is 58.8 Å². The van der Waals surface area contributed by atoms with Crippen molar-refractivity contribution >= 4 is 40.0 Å². The van der Waals surface area contributed by atoms with Gasteiger partial charge in [0.05, 0.1) is 12.6 Å². The van der Waals surface area contributed by atoms with Crippen LogP contribution >= 0.6 is 22.9 Å². The average Bonchev–Trinajstić information content (AvgIpc) is 3.04. The number of amides is 1. The molecular formula is C14H10ClFN4OS. The van der Waals surface area contributed by atoms with Gasteiger partial charge in [-0.3, -0.25) is 9.20 Å². The molecule has 2 aromatic heterocycles. The van der Waals surface area contributed by atoms with Gasteiger partial charge in [-0.15, -0.1) is 11.3 Å². The maximum absolute atomic E-state index is 12.8. The summed E-state index contributed by atoms with van der Waals surface area (Å²) in [6.07, 6.45) is 3.38. The molecule has 1 N–H and O–H groups in total. The Morgan fingerprint density at radius 3 is 3.00 bits per heavy atom. The van der Waals surface area contributed by atoms with Crippen molar-refractivity contribution in [3.05, 3.63) is 58.1 Å². The molecule has 22 heavy (non-hydrogen) atoms. The lowest BCUT2D eigenvalue weighted by Gasteiger charge is -2.00. The summed E-state index contributed by atoms with van der Waals surface area (Å²) in [6.45, 7) is 0. The predicted molar refractivity (Wildman–Crippen MR) is 83.9 cm³/mol. The van der Waals surface area contributed by atoms with Crippen LogP contribution in [0.15, 0.2) is 40.9 Å². The van der Waals surface area contributed by atoms with E-state index in [4.69, 9.17) is 11.6 Å². The van der Waals surface area contributed by atoms with E-state index in [-0.39, 0.29) is 18.1 Å². The number of rotatable bonds is 4. The number of nitrogens with zero attached hydrogens (tertiary/aromatic N) is 3. The standard InChI is InChI=1S/C14H10ClFN4OS/c15-13-11(20-5-6-22-14(20)18-13)8-17-19-12(21)7-9-1-3-10(16)4-2-9/h1-6,8H,7H2,(H,19,21)/b17-8+. The molecule has 2 heterocycles. The van der Waals surface area contributed by atoms with E-state index in [2.05, 4.69) is 15.5 Å². The maximum Gasteiger partial charge on any atom is 0.244 e. The fourth-order valence-corrected chi connectivity index (χ4v) is 2.88. The van der Waals surface area contributed by atoms with Crippen LogP contribution in [-0.4, -0.2) is 21.5 Å². The van der Waals surface area contributed by atoms with E-state index in [0.29, 0.717) is 16.4 Å². The van der Waals surface area contributed by atoms with E-state index in [1.54, 1.807) is 16.5 Å². The molecule has 0 aliphatic rings. The number of benzene rings is 1. The zero-order chi connectivity index (χ0) is 15.5. The Bertz CT molecular complexity index is 840. The van der Waals surface area contributed by atoms with Crippen molar-refractivity contribution in [2.24, 2.45) is 5.10 Å². The zero-order valence-electron chi connectivity index (χ0n) is 11.2. The van der Waals surface area contributed by atoms with E-state index in [9.17, 15) is 9.18 Å². The molecule has 5 nitrogen and oxygen atoms in total. The van der Waals surface area contributed by atoms with Crippen molar-refractivity contribution in [2.75, 3.05) is 0 Å². The quantitative estimate of drug-likeness (QED) is 0.588. The van der Waals surface area contributed by atoms with Crippen molar-refractivity contribution in [3.63, 3.8) is 0 Å². The van der Waals surface area contributed by atoms with E-state index in [1.165, 1.54) is 29.7 Å². The van der Waals surface area contributed by atoms with Gasteiger partial charge in [-0.1, -0.05) is 23.7 Å². The fourth-order valence-electron chi connectivity index (χ4n) is 1.88. The second-order valence-corrected chi connectivity index (χ2v) is 5.67. The van der Waals surface area contributed by atoms with Gasteiger partial charge in [-0.25, -0.2) is 14.8 Å². The number of imidazole rings is 1. The van der Waals surface area contributed by atoms with Gasteiger partial charge in [0, 0.05) is 11.6 Å². The van der Waals surface area contributed by atoms with E-state index >= 15 is 0 Å². The van der Waals surface area contributed by atoms with Gasteiger partial charge < -0.3 is 0 Å². The predicted octanol–water partition coefficient (Wildman–Crippen LogP) is 2.88. The van der Waals surface area contributed by atoms with Gasteiger partial charge in [0.25, 0.3) is 0 Å². The van der Waals surface area contributed by atoms with Crippen molar-refractivity contribution in [3.8, 4) is 0 Å². The molecule has 0 saturated heterocycles. The van der Waals surface area contributed by atoms with Crippen LogP contribution in [0.1, 0.15) is 11.3 Å². The summed E-state index contributed by atoms with van der Waals surface area (Å²) in [6, 6.07) is 5.74. The highest BCUT2D eigenvalue weighted by molar-refractivity contribution is 7.15. The molecule has 8 heteroatoms. The summed E-state index contributed by atoms with van der Waals surface area (Å²) < 4.78 is 14.6. The molecule has 0 aliphatic heterocycles. The Morgan fingerprint density at radius 1 is 1.45 bits per heavy atom. The van der Waals surface area contributed by atoms with Crippen LogP contribution in [0.25, 0.3) is 4.96 Å². The number of fused-ring (bicyclic) bond motifs is 1. The van der Waals surface area contributed by atoms with Crippen LogP contribution in [0.2, 0.25) is 5.15 Å². The SMILES string of the molecule is O=C(Cc1ccc(F)cc1)N/N=C/c1c(Cl)nc2sccn12. The van der Waals surface area contributed by atoms with Crippen molar-refractivity contribution < 1.29 is 9.18 Å². The molecule has 1 amide bonds. The van der Waals surface area contributed by atoms with Gasteiger partial charge >= 0.3 is 0 Å². The smallest absolute Gasteiger partial charge is 0.244 e. The normalized spacial score (nSPS) is 11.4. The third kappa shape index (κ3) is 3.15. The highest BCUT2D eigenvalue weighted by Crippen LogP contribution is 2.19. The van der Waals surface area contributed by atoms with E-state index in [1.807, 2.05) is 11.6 Å². The molecule has 112 valence electrons. The van der Waals surface area contributed by atoms with E-state index in [0.717, 1.165) is 4.96 Å². The van der Waals surface area contributed by atoms with Gasteiger partial charge in [0.2, 0.25) is 5.91 Å². The van der Waals surface area contributed by atoms with Crippen LogP contribution < -0.4 is 5.43 Å². The Labute approximate surface area is 134 Å². The zero-order valence-corrected chi connectivity index (χ0v) is 12.7. The number of hydrogen-bond acceptors (Lipinski definition) is 4. The number of hydrogen-bond donors (Lipinski definition) is 1. The first kappa shape index (κ1) is 14.7. The summed E-state index contributed by atoms with van der Waals surface area (Å²) in [7, 11) is 0. The van der Waals surface area contributed by atoms with Crippen molar-refractivity contribution in [2.45, 2.75) is 6.42 Å². The first-order chi connectivity index (χ1) is 10.6. The number of carbonyl (C=O) groups is 1. The first-order valence-corrected chi connectivity index (χ1v) is 7.56. The highest BCUT2D eigenvalue weighted by Gasteiger charge is 2.09. The fraction of sp³-hybridized carbons (Fsp3) is 0.0714. The molecule has 0 radical (unpaired) electrons. The molecule has 0 spiro atoms. The lowest BCUT2D eigenvalue weighted by molar-refractivity contribution is -0.120. The van der Waals surface area contributed by atoms with Gasteiger partial charge in [0.15, 0.2) is 10.1 Å². The lowest BCUT2D eigenvalue weighted by Crippen LogP contribution is -2.19. The number of nitrogens with one attached hydrogen (secondary N) is 1. The highest BCUT2D eigenvalue weighted by atomic mass is 35.5. The largest absolute Gasteiger partial charge is 0.288 e. The van der Waals surface area contributed by atoms with Gasteiger partial charge in [-0.2, -0.15) is 5.10 Å². The molecule has 3 rings (SSSR count). The Balaban J connectivity index is 1.64. The number of halogens is 2. The first-order valence-electron chi connectivity index (χ1n) is 6.31. The minimum atomic E-state index is -0.336. The van der Waals surface area contributed by atoms with Crippen molar-refractivity contribution in [1.29, 1.82) is 0 Å². The second kappa shape index (κ2) is 6.25. The average molecular weight is 337 g/mol. The van der Waals surface area contributed by atoms with Crippen LogP contribution in [0.4, 0.5) is 4.39 Å². The lowest BCUT2D eigenvalue weighted by atomic mass is 10.1. The van der Waals surface area contributed by atoms with Crippen LogP contribution in [0.5, 0.6) is 0 Å². The minimum Gasteiger partial charge on any atom is -0.288 e. The Morgan fingerprint density at radius 2 is 2.23 bits per heavy atom. The molecular weight excluding hydrogens is 327 g/mol. The van der Waals surface area contributed by atoms with Crippen LogP contribution in [-0.2, 0) is 11.2 Å². The summed E-state index contributed by atoms with van der Waals surface area (Å²) in [5.41, 5.74) is 3.71. The monoisotopic (exact) mass is 336 g/mol. The second-order valence-electron chi connectivity index (χ2n) is 4.44. The molecule has 0 aliphatic carbocycles. The Hall–Kier alpha value is -2.25. The van der Waals surface area contributed by atoms with Crippen LogP contribution in [0.3, 0.4) is 0 Å². The third-order valence-electron chi connectivity index (χ3n) is 2.91. The molecule has 0 fully saturated rings. The molecule has 0 atom stereocenters. The molecule has 3 aromatic rings. The summed E-state index contributed by atoms with van der Waals surface area (Å²) in [5, 5.41) is 6.08. The van der Waals surface area contributed by atoms with Crippen molar-refractivity contribution in [1.82, 2.24) is 14.8 Å². The third-order valence-corrected chi connectivity index (χ3v) is 3.94. The molecule has 0 unspecified atom stereocenters.